The van der Waals surface area contributed by atoms with Crippen molar-refractivity contribution in [2.24, 2.45) is 5.73 Å². The van der Waals surface area contributed by atoms with Crippen LogP contribution in [0.1, 0.15) is 10.5 Å². The van der Waals surface area contributed by atoms with E-state index in [9.17, 15) is 9.59 Å². The van der Waals surface area contributed by atoms with Crippen molar-refractivity contribution in [2.75, 3.05) is 11.4 Å². The SMILES string of the molecule is NC(=O)C1CN(C(=O)c2cc(-c3ccc(Cl)cc3)nn2-c2ccccc2)c2ccccc2O1. The molecule has 0 saturated heterocycles. The molecule has 7 nitrogen and oxygen atoms in total. The molecule has 0 saturated carbocycles. The van der Waals surface area contributed by atoms with Gasteiger partial charge in [-0.15, -0.1) is 0 Å². The third-order valence-corrected chi connectivity index (χ3v) is 5.66. The van der Waals surface area contributed by atoms with Crippen molar-refractivity contribution < 1.29 is 14.3 Å². The number of halogens is 1. The fourth-order valence-electron chi connectivity index (χ4n) is 3.77. The lowest BCUT2D eigenvalue weighted by molar-refractivity contribution is -0.124. The van der Waals surface area contributed by atoms with Gasteiger partial charge in [0.15, 0.2) is 6.10 Å². The summed E-state index contributed by atoms with van der Waals surface area (Å²) < 4.78 is 7.31. The Kier molecular flexibility index (Phi) is 5.32. The second kappa shape index (κ2) is 8.44. The monoisotopic (exact) mass is 458 g/mol. The molecule has 2 amide bonds. The Morgan fingerprint density at radius 2 is 1.67 bits per heavy atom. The molecule has 5 rings (SSSR count). The highest BCUT2D eigenvalue weighted by atomic mass is 35.5. The summed E-state index contributed by atoms with van der Waals surface area (Å²) in [6.45, 7) is 0.00142. The van der Waals surface area contributed by atoms with Crippen LogP contribution in [0.2, 0.25) is 5.02 Å². The Hall–Kier alpha value is -4.10. The molecule has 164 valence electrons. The number of amides is 2. The lowest BCUT2D eigenvalue weighted by atomic mass is 10.1. The van der Waals surface area contributed by atoms with Gasteiger partial charge in [-0.05, 0) is 42.5 Å². The molecular formula is C25H19ClN4O3. The van der Waals surface area contributed by atoms with Gasteiger partial charge in [-0.1, -0.05) is 54.1 Å². The van der Waals surface area contributed by atoms with Crippen LogP contribution in [0, 0.1) is 0 Å². The van der Waals surface area contributed by atoms with Gasteiger partial charge in [0.2, 0.25) is 0 Å². The summed E-state index contributed by atoms with van der Waals surface area (Å²) in [5.41, 5.74) is 8.58. The van der Waals surface area contributed by atoms with Gasteiger partial charge in [-0.3, -0.25) is 14.5 Å². The first kappa shape index (κ1) is 20.8. The Balaban J connectivity index is 1.63. The maximum Gasteiger partial charge on any atom is 0.277 e. The van der Waals surface area contributed by atoms with Crippen LogP contribution in [-0.4, -0.2) is 34.2 Å². The Morgan fingerprint density at radius 1 is 0.970 bits per heavy atom. The van der Waals surface area contributed by atoms with E-state index in [0.717, 1.165) is 11.3 Å². The Bertz CT molecular complexity index is 1340. The zero-order valence-corrected chi connectivity index (χ0v) is 18.1. The summed E-state index contributed by atoms with van der Waals surface area (Å²) >= 11 is 6.03. The van der Waals surface area contributed by atoms with Gasteiger partial charge >= 0.3 is 0 Å². The molecule has 0 spiro atoms. The lowest BCUT2D eigenvalue weighted by Gasteiger charge is -2.33. The summed E-state index contributed by atoms with van der Waals surface area (Å²) in [5.74, 6) is -0.543. The summed E-state index contributed by atoms with van der Waals surface area (Å²) in [5, 5.41) is 5.32. The molecule has 0 radical (unpaired) electrons. The van der Waals surface area contributed by atoms with Crippen molar-refractivity contribution >= 4 is 29.1 Å². The van der Waals surface area contributed by atoms with E-state index in [2.05, 4.69) is 0 Å². The molecule has 4 aromatic rings. The molecule has 0 aliphatic carbocycles. The fraction of sp³-hybridized carbons (Fsp3) is 0.0800. The minimum Gasteiger partial charge on any atom is -0.477 e. The van der Waals surface area contributed by atoms with Crippen LogP contribution < -0.4 is 15.4 Å². The second-order valence-corrected chi connectivity index (χ2v) is 8.00. The second-order valence-electron chi connectivity index (χ2n) is 7.56. The minimum atomic E-state index is -0.951. The largest absolute Gasteiger partial charge is 0.477 e. The smallest absolute Gasteiger partial charge is 0.277 e. The molecular weight excluding hydrogens is 440 g/mol. The average Bonchev–Trinajstić information content (AvgIpc) is 3.29. The van der Waals surface area contributed by atoms with Gasteiger partial charge in [0, 0.05) is 10.6 Å². The van der Waals surface area contributed by atoms with Gasteiger partial charge in [0.1, 0.15) is 11.4 Å². The van der Waals surface area contributed by atoms with Crippen LogP contribution in [0.5, 0.6) is 5.75 Å². The first-order valence-corrected chi connectivity index (χ1v) is 10.7. The normalized spacial score (nSPS) is 14.9. The number of carbonyl (C=O) groups is 2. The topological polar surface area (TPSA) is 90.5 Å². The van der Waals surface area contributed by atoms with Crippen molar-refractivity contribution in [1.29, 1.82) is 0 Å². The Morgan fingerprint density at radius 3 is 2.39 bits per heavy atom. The molecule has 1 aliphatic rings. The molecule has 8 heteroatoms. The molecule has 1 unspecified atom stereocenters. The molecule has 2 heterocycles. The van der Waals surface area contributed by atoms with Gasteiger partial charge in [0.25, 0.3) is 11.8 Å². The van der Waals surface area contributed by atoms with Crippen LogP contribution in [0.4, 0.5) is 5.69 Å². The number of nitrogens with zero attached hydrogens (tertiary/aromatic N) is 3. The Labute approximate surface area is 195 Å². The van der Waals surface area contributed by atoms with E-state index >= 15 is 0 Å². The van der Waals surface area contributed by atoms with Crippen molar-refractivity contribution in [3.05, 3.63) is 95.6 Å². The van der Waals surface area contributed by atoms with Crippen LogP contribution in [0.3, 0.4) is 0 Å². The van der Waals surface area contributed by atoms with E-state index in [-0.39, 0.29) is 12.5 Å². The van der Waals surface area contributed by atoms with Crippen LogP contribution in [-0.2, 0) is 4.79 Å². The van der Waals surface area contributed by atoms with Gasteiger partial charge < -0.3 is 10.5 Å². The van der Waals surface area contributed by atoms with Crippen molar-refractivity contribution in [1.82, 2.24) is 9.78 Å². The van der Waals surface area contributed by atoms with Crippen LogP contribution in [0.25, 0.3) is 16.9 Å². The number of para-hydroxylation sites is 3. The number of hydrogen-bond donors (Lipinski definition) is 1. The molecule has 33 heavy (non-hydrogen) atoms. The predicted molar refractivity (Wildman–Crippen MR) is 126 cm³/mol. The van der Waals surface area contributed by atoms with Gasteiger partial charge in [-0.25, -0.2) is 4.68 Å². The zero-order chi connectivity index (χ0) is 22.9. The third kappa shape index (κ3) is 3.94. The van der Waals surface area contributed by atoms with E-state index in [1.165, 1.54) is 4.90 Å². The number of hydrogen-bond acceptors (Lipinski definition) is 4. The minimum absolute atomic E-state index is 0.00142. The average molecular weight is 459 g/mol. The molecule has 1 aromatic heterocycles. The summed E-state index contributed by atoms with van der Waals surface area (Å²) in [4.78, 5) is 27.3. The maximum absolute atomic E-state index is 13.9. The summed E-state index contributed by atoms with van der Waals surface area (Å²) in [6, 6.07) is 25.4. The molecule has 3 aromatic carbocycles. The van der Waals surface area contributed by atoms with Crippen molar-refractivity contribution in [3.63, 3.8) is 0 Å². The number of benzene rings is 3. The quantitative estimate of drug-likeness (QED) is 0.498. The number of primary amides is 1. The highest BCUT2D eigenvalue weighted by molar-refractivity contribution is 6.30. The van der Waals surface area contributed by atoms with Crippen molar-refractivity contribution in [2.45, 2.75) is 6.10 Å². The third-order valence-electron chi connectivity index (χ3n) is 5.41. The highest BCUT2D eigenvalue weighted by Gasteiger charge is 2.34. The predicted octanol–water partition coefficient (Wildman–Crippen LogP) is 4.09. The van der Waals surface area contributed by atoms with E-state index in [0.29, 0.717) is 27.8 Å². The first-order chi connectivity index (χ1) is 16.0. The molecule has 2 N–H and O–H groups in total. The van der Waals surface area contributed by atoms with E-state index in [1.807, 2.05) is 42.5 Å². The zero-order valence-electron chi connectivity index (χ0n) is 17.4. The lowest BCUT2D eigenvalue weighted by Crippen LogP contribution is -2.49. The van der Waals surface area contributed by atoms with Gasteiger partial charge in [0.05, 0.1) is 23.6 Å². The van der Waals surface area contributed by atoms with E-state index < -0.39 is 12.0 Å². The molecule has 1 aliphatic heterocycles. The maximum atomic E-state index is 13.9. The first-order valence-electron chi connectivity index (χ1n) is 10.3. The molecule has 0 fully saturated rings. The van der Waals surface area contributed by atoms with E-state index in [4.69, 9.17) is 27.2 Å². The number of aromatic nitrogens is 2. The standard InChI is InChI=1S/C25H19ClN4O3/c26-17-12-10-16(11-13-17)19-14-21(30(28-19)18-6-2-1-3-7-18)25(32)29-15-23(24(27)31)33-22-9-5-4-8-20(22)29/h1-14,23H,15H2,(H2,27,31). The highest BCUT2D eigenvalue weighted by Crippen LogP contribution is 2.35. The number of fused-ring (bicyclic) bond motifs is 1. The van der Waals surface area contributed by atoms with E-state index in [1.54, 1.807) is 47.1 Å². The fourth-order valence-corrected chi connectivity index (χ4v) is 3.90. The number of rotatable bonds is 4. The van der Waals surface area contributed by atoms with Gasteiger partial charge in [-0.2, -0.15) is 5.10 Å². The van der Waals surface area contributed by atoms with Crippen LogP contribution >= 0.6 is 11.6 Å². The summed E-state index contributed by atoms with van der Waals surface area (Å²) in [7, 11) is 0. The molecule has 1 atom stereocenters. The number of nitrogens with two attached hydrogens (primary N) is 1. The van der Waals surface area contributed by atoms with Crippen LogP contribution in [0.15, 0.2) is 84.9 Å². The van der Waals surface area contributed by atoms with Crippen molar-refractivity contribution in [3.8, 4) is 22.7 Å². The number of ether oxygens (including phenoxy) is 1. The number of carbonyl (C=O) groups excluding carboxylic acids is 2. The summed E-state index contributed by atoms with van der Waals surface area (Å²) in [6.07, 6.45) is -0.951. The molecule has 0 bridgehead atoms. The number of anilines is 1.